The van der Waals surface area contributed by atoms with Crippen LogP contribution in [0.2, 0.25) is 0 Å². The zero-order valence-electron chi connectivity index (χ0n) is 9.42. The van der Waals surface area contributed by atoms with Crippen molar-refractivity contribution in [1.82, 2.24) is 9.38 Å². The highest BCUT2D eigenvalue weighted by Gasteiger charge is 2.13. The summed E-state index contributed by atoms with van der Waals surface area (Å²) in [5.41, 5.74) is 1.24. The number of ketones is 1. The summed E-state index contributed by atoms with van der Waals surface area (Å²) in [6.45, 7) is 1.99. The van der Waals surface area contributed by atoms with Crippen LogP contribution in [0.3, 0.4) is 0 Å². The lowest BCUT2D eigenvalue weighted by Crippen LogP contribution is -2.11. The van der Waals surface area contributed by atoms with E-state index in [1.165, 1.54) is 0 Å². The Morgan fingerprint density at radius 2 is 2.24 bits per heavy atom. The fraction of sp³-hybridized carbons (Fsp3) is 0.250. The van der Waals surface area contributed by atoms with Crippen LogP contribution in [0.25, 0.3) is 5.65 Å². The Kier molecular flexibility index (Phi) is 3.18. The summed E-state index contributed by atoms with van der Waals surface area (Å²) >= 11 is 0. The fourth-order valence-electron chi connectivity index (χ4n) is 1.53. The van der Waals surface area contributed by atoms with Gasteiger partial charge in [-0.05, 0) is 19.1 Å². The standard InChI is InChI=1S/C12H12N2O3/c1-2-17-12(16)7-10(15)9-3-4-11-13-5-6-14(11)8-9/h3-6,8H,2,7H2,1H3. The lowest BCUT2D eigenvalue weighted by molar-refractivity contribution is -0.141. The topological polar surface area (TPSA) is 60.7 Å². The number of hydrogen-bond acceptors (Lipinski definition) is 4. The van der Waals surface area contributed by atoms with Gasteiger partial charge in [0.1, 0.15) is 12.1 Å². The van der Waals surface area contributed by atoms with Gasteiger partial charge in [-0.3, -0.25) is 9.59 Å². The molecule has 0 saturated carbocycles. The summed E-state index contributed by atoms with van der Waals surface area (Å²) in [4.78, 5) is 27.0. The van der Waals surface area contributed by atoms with E-state index in [2.05, 4.69) is 4.98 Å². The van der Waals surface area contributed by atoms with Crippen LogP contribution in [-0.4, -0.2) is 27.7 Å². The smallest absolute Gasteiger partial charge is 0.313 e. The molecule has 0 unspecified atom stereocenters. The summed E-state index contributed by atoms with van der Waals surface area (Å²) < 4.78 is 6.46. The number of Topliss-reactive ketones (excluding diaryl/α,β-unsaturated/α-hetero) is 1. The molecule has 2 aromatic heterocycles. The average Bonchev–Trinajstić information content (AvgIpc) is 2.75. The summed E-state index contributed by atoms with van der Waals surface area (Å²) in [7, 11) is 0. The first-order chi connectivity index (χ1) is 8.20. The molecule has 0 aromatic carbocycles. The molecule has 0 aliphatic carbocycles. The molecule has 0 atom stereocenters. The van der Waals surface area contributed by atoms with Crippen LogP contribution < -0.4 is 0 Å². The van der Waals surface area contributed by atoms with Crippen LogP contribution in [0.15, 0.2) is 30.7 Å². The number of pyridine rings is 1. The van der Waals surface area contributed by atoms with E-state index in [-0.39, 0.29) is 18.8 Å². The fourth-order valence-corrected chi connectivity index (χ4v) is 1.53. The molecule has 17 heavy (non-hydrogen) atoms. The summed E-state index contributed by atoms with van der Waals surface area (Å²) in [5.74, 6) is -0.748. The maximum absolute atomic E-state index is 11.8. The van der Waals surface area contributed by atoms with E-state index in [4.69, 9.17) is 4.74 Å². The Morgan fingerprint density at radius 1 is 1.41 bits per heavy atom. The number of imidazole rings is 1. The van der Waals surface area contributed by atoms with Crippen molar-refractivity contribution >= 4 is 17.4 Å². The zero-order chi connectivity index (χ0) is 12.3. The van der Waals surface area contributed by atoms with Gasteiger partial charge in [0.2, 0.25) is 0 Å². The van der Waals surface area contributed by atoms with Gasteiger partial charge >= 0.3 is 5.97 Å². The van der Waals surface area contributed by atoms with Crippen molar-refractivity contribution in [2.75, 3.05) is 6.61 Å². The lowest BCUT2D eigenvalue weighted by atomic mass is 10.1. The number of rotatable bonds is 4. The SMILES string of the molecule is CCOC(=O)CC(=O)c1ccc2nccn2c1. The summed E-state index contributed by atoms with van der Waals surface area (Å²) in [5, 5.41) is 0. The number of fused-ring (bicyclic) bond motifs is 1. The Morgan fingerprint density at radius 3 is 3.00 bits per heavy atom. The normalized spacial score (nSPS) is 10.4. The van der Waals surface area contributed by atoms with Crippen LogP contribution in [0.5, 0.6) is 0 Å². The second-order valence-corrected chi connectivity index (χ2v) is 3.52. The molecule has 0 aliphatic rings. The van der Waals surface area contributed by atoms with E-state index in [1.807, 2.05) is 0 Å². The van der Waals surface area contributed by atoms with Crippen molar-refractivity contribution in [3.8, 4) is 0 Å². The third kappa shape index (κ3) is 2.50. The molecule has 0 N–H and O–H groups in total. The number of ether oxygens (including phenoxy) is 1. The first-order valence-corrected chi connectivity index (χ1v) is 5.32. The van der Waals surface area contributed by atoms with Crippen molar-refractivity contribution in [3.05, 3.63) is 36.3 Å². The first kappa shape index (κ1) is 11.3. The van der Waals surface area contributed by atoms with Crippen LogP contribution >= 0.6 is 0 Å². The number of hydrogen-bond donors (Lipinski definition) is 0. The van der Waals surface area contributed by atoms with E-state index in [0.29, 0.717) is 5.56 Å². The molecule has 2 heterocycles. The second-order valence-electron chi connectivity index (χ2n) is 3.52. The van der Waals surface area contributed by atoms with Gasteiger partial charge < -0.3 is 9.14 Å². The molecule has 0 radical (unpaired) electrons. The number of aromatic nitrogens is 2. The quantitative estimate of drug-likeness (QED) is 0.455. The van der Waals surface area contributed by atoms with Gasteiger partial charge in [0, 0.05) is 24.2 Å². The van der Waals surface area contributed by atoms with E-state index >= 15 is 0 Å². The minimum absolute atomic E-state index is 0.228. The predicted octanol–water partition coefficient (Wildman–Crippen LogP) is 1.47. The molecule has 2 aromatic rings. The Balaban J connectivity index is 2.15. The Hall–Kier alpha value is -2.17. The monoisotopic (exact) mass is 232 g/mol. The summed E-state index contributed by atoms with van der Waals surface area (Å²) in [6, 6.07) is 3.39. The van der Waals surface area contributed by atoms with Crippen molar-refractivity contribution in [3.63, 3.8) is 0 Å². The van der Waals surface area contributed by atoms with Crippen LogP contribution in [0.1, 0.15) is 23.7 Å². The van der Waals surface area contributed by atoms with Crippen LogP contribution in [0.4, 0.5) is 0 Å². The second kappa shape index (κ2) is 4.78. The summed E-state index contributed by atoms with van der Waals surface area (Å²) in [6.07, 6.45) is 4.82. The van der Waals surface area contributed by atoms with Crippen LogP contribution in [0, 0.1) is 0 Å². The van der Waals surface area contributed by atoms with Gasteiger partial charge in [0.15, 0.2) is 5.78 Å². The minimum atomic E-state index is -0.497. The van der Waals surface area contributed by atoms with E-state index in [1.54, 1.807) is 42.0 Å². The molecule has 5 heteroatoms. The minimum Gasteiger partial charge on any atom is -0.466 e. The zero-order valence-corrected chi connectivity index (χ0v) is 9.42. The highest BCUT2D eigenvalue weighted by Crippen LogP contribution is 2.07. The molecule has 0 bridgehead atoms. The van der Waals surface area contributed by atoms with Gasteiger partial charge in [0.25, 0.3) is 0 Å². The van der Waals surface area contributed by atoms with Crippen molar-refractivity contribution in [2.24, 2.45) is 0 Å². The number of carbonyl (C=O) groups is 2. The molecular weight excluding hydrogens is 220 g/mol. The van der Waals surface area contributed by atoms with Crippen molar-refractivity contribution in [1.29, 1.82) is 0 Å². The maximum atomic E-state index is 11.8. The molecule has 5 nitrogen and oxygen atoms in total. The van der Waals surface area contributed by atoms with Crippen LogP contribution in [-0.2, 0) is 9.53 Å². The molecule has 0 fully saturated rings. The van der Waals surface area contributed by atoms with Crippen molar-refractivity contribution in [2.45, 2.75) is 13.3 Å². The Bertz CT molecular complexity index is 560. The molecule has 2 rings (SSSR count). The van der Waals surface area contributed by atoms with E-state index < -0.39 is 5.97 Å². The number of esters is 1. The molecule has 88 valence electrons. The predicted molar refractivity (Wildman–Crippen MR) is 60.8 cm³/mol. The van der Waals surface area contributed by atoms with Gasteiger partial charge in [-0.25, -0.2) is 4.98 Å². The number of carbonyl (C=O) groups excluding carboxylic acids is 2. The molecule has 0 amide bonds. The highest BCUT2D eigenvalue weighted by atomic mass is 16.5. The average molecular weight is 232 g/mol. The molecule has 0 aliphatic heterocycles. The van der Waals surface area contributed by atoms with Gasteiger partial charge in [-0.1, -0.05) is 0 Å². The van der Waals surface area contributed by atoms with E-state index in [9.17, 15) is 9.59 Å². The van der Waals surface area contributed by atoms with Gasteiger partial charge in [0.05, 0.1) is 6.61 Å². The molecular formula is C12H12N2O3. The third-order valence-electron chi connectivity index (χ3n) is 2.32. The third-order valence-corrected chi connectivity index (χ3v) is 2.32. The lowest BCUT2D eigenvalue weighted by Gasteiger charge is -2.02. The Labute approximate surface area is 98.0 Å². The van der Waals surface area contributed by atoms with Gasteiger partial charge in [-0.2, -0.15) is 0 Å². The number of nitrogens with zero attached hydrogens (tertiary/aromatic N) is 2. The van der Waals surface area contributed by atoms with Crippen molar-refractivity contribution < 1.29 is 14.3 Å². The highest BCUT2D eigenvalue weighted by molar-refractivity contribution is 6.05. The maximum Gasteiger partial charge on any atom is 0.313 e. The van der Waals surface area contributed by atoms with E-state index in [0.717, 1.165) is 5.65 Å². The first-order valence-electron chi connectivity index (χ1n) is 5.32. The largest absolute Gasteiger partial charge is 0.466 e. The molecule has 0 spiro atoms. The van der Waals surface area contributed by atoms with Gasteiger partial charge in [-0.15, -0.1) is 0 Å². The molecule has 0 saturated heterocycles.